The fraction of sp³-hybridized carbons (Fsp3) is 0.455. The smallest absolute Gasteiger partial charge is 0.140 e. The van der Waals surface area contributed by atoms with E-state index in [4.69, 9.17) is 5.26 Å². The predicted octanol–water partition coefficient (Wildman–Crippen LogP) is 2.41. The van der Waals surface area contributed by atoms with E-state index in [1.165, 1.54) is 0 Å². The summed E-state index contributed by atoms with van der Waals surface area (Å²) in [7, 11) is 0. The number of hydrogen-bond acceptors (Lipinski definition) is 3. The summed E-state index contributed by atoms with van der Waals surface area (Å²) in [4.78, 5) is 3.97. The molecule has 0 atom stereocenters. The first-order valence-corrected chi connectivity index (χ1v) is 4.61. The molecular weight excluding hydrogens is 174 g/mol. The van der Waals surface area contributed by atoms with Crippen LogP contribution in [0.4, 0.5) is 5.69 Å². The standard InChI is InChI=1S/C11H15N3/c1-11(2,3)8-14-10-5-4-9(6-12)13-7-10/h4-5,7,14H,8H2,1-3H3. The van der Waals surface area contributed by atoms with Crippen molar-refractivity contribution in [2.24, 2.45) is 5.41 Å². The molecule has 1 aromatic rings. The van der Waals surface area contributed by atoms with Gasteiger partial charge in [0.15, 0.2) is 0 Å². The average molecular weight is 189 g/mol. The van der Waals surface area contributed by atoms with E-state index >= 15 is 0 Å². The van der Waals surface area contributed by atoms with Gasteiger partial charge < -0.3 is 5.32 Å². The quantitative estimate of drug-likeness (QED) is 0.777. The minimum absolute atomic E-state index is 0.244. The second-order valence-electron chi connectivity index (χ2n) is 4.46. The van der Waals surface area contributed by atoms with E-state index < -0.39 is 0 Å². The van der Waals surface area contributed by atoms with Gasteiger partial charge in [-0.3, -0.25) is 0 Å². The van der Waals surface area contributed by atoms with Crippen molar-refractivity contribution in [1.29, 1.82) is 5.26 Å². The van der Waals surface area contributed by atoms with Gasteiger partial charge in [-0.05, 0) is 17.5 Å². The van der Waals surface area contributed by atoms with Gasteiger partial charge in [-0.2, -0.15) is 5.26 Å². The number of nitrogens with one attached hydrogen (secondary N) is 1. The van der Waals surface area contributed by atoms with Gasteiger partial charge in [0.05, 0.1) is 11.9 Å². The lowest BCUT2D eigenvalue weighted by Crippen LogP contribution is -2.19. The van der Waals surface area contributed by atoms with Crippen molar-refractivity contribution in [2.45, 2.75) is 20.8 Å². The largest absolute Gasteiger partial charge is 0.383 e. The molecule has 0 aliphatic rings. The SMILES string of the molecule is CC(C)(C)CNc1ccc(C#N)nc1. The van der Waals surface area contributed by atoms with Crippen molar-refractivity contribution in [2.75, 3.05) is 11.9 Å². The molecule has 0 bridgehead atoms. The van der Waals surface area contributed by atoms with Crippen LogP contribution in [-0.4, -0.2) is 11.5 Å². The second kappa shape index (κ2) is 4.10. The molecule has 0 radical (unpaired) electrons. The summed E-state index contributed by atoms with van der Waals surface area (Å²) in [5.41, 5.74) is 1.65. The maximum atomic E-state index is 8.55. The van der Waals surface area contributed by atoms with Crippen LogP contribution < -0.4 is 5.32 Å². The summed E-state index contributed by atoms with van der Waals surface area (Å²) in [6.07, 6.45) is 1.68. The molecule has 0 aromatic carbocycles. The van der Waals surface area contributed by atoms with Crippen LogP contribution in [0.25, 0.3) is 0 Å². The first kappa shape index (κ1) is 10.5. The Morgan fingerprint density at radius 2 is 2.14 bits per heavy atom. The highest BCUT2D eigenvalue weighted by molar-refractivity contribution is 5.42. The number of rotatable bonds is 2. The lowest BCUT2D eigenvalue weighted by molar-refractivity contribution is 0.443. The molecule has 1 rings (SSSR count). The number of nitrogens with zero attached hydrogens (tertiary/aromatic N) is 2. The summed E-state index contributed by atoms with van der Waals surface area (Å²) >= 11 is 0. The van der Waals surface area contributed by atoms with E-state index in [0.717, 1.165) is 12.2 Å². The van der Waals surface area contributed by atoms with Crippen LogP contribution in [0, 0.1) is 16.7 Å². The molecule has 74 valence electrons. The Hall–Kier alpha value is -1.56. The van der Waals surface area contributed by atoms with Gasteiger partial charge in [-0.15, -0.1) is 0 Å². The second-order valence-corrected chi connectivity index (χ2v) is 4.46. The number of hydrogen-bond donors (Lipinski definition) is 1. The minimum atomic E-state index is 0.244. The maximum absolute atomic E-state index is 8.55. The molecule has 0 saturated carbocycles. The lowest BCUT2D eigenvalue weighted by Gasteiger charge is -2.19. The van der Waals surface area contributed by atoms with Gasteiger partial charge >= 0.3 is 0 Å². The molecular formula is C11H15N3. The van der Waals surface area contributed by atoms with Crippen LogP contribution in [0.2, 0.25) is 0 Å². The predicted molar refractivity (Wildman–Crippen MR) is 56.9 cm³/mol. The topological polar surface area (TPSA) is 48.7 Å². The van der Waals surface area contributed by atoms with E-state index in [0.29, 0.717) is 5.69 Å². The van der Waals surface area contributed by atoms with Crippen molar-refractivity contribution < 1.29 is 0 Å². The lowest BCUT2D eigenvalue weighted by atomic mass is 9.97. The molecule has 0 spiro atoms. The molecule has 0 saturated heterocycles. The highest BCUT2D eigenvalue weighted by Crippen LogP contribution is 2.14. The molecule has 0 amide bonds. The van der Waals surface area contributed by atoms with E-state index in [-0.39, 0.29) is 5.41 Å². The summed E-state index contributed by atoms with van der Waals surface area (Å²) < 4.78 is 0. The van der Waals surface area contributed by atoms with Gasteiger partial charge in [0, 0.05) is 6.54 Å². The highest BCUT2D eigenvalue weighted by atomic mass is 14.9. The van der Waals surface area contributed by atoms with E-state index in [2.05, 4.69) is 31.1 Å². The molecule has 1 N–H and O–H groups in total. The fourth-order valence-corrected chi connectivity index (χ4v) is 0.932. The average Bonchev–Trinajstić information content (AvgIpc) is 2.14. The van der Waals surface area contributed by atoms with Crippen LogP contribution in [0.1, 0.15) is 26.5 Å². The zero-order chi connectivity index (χ0) is 10.6. The Balaban J connectivity index is 2.58. The number of nitriles is 1. The summed E-state index contributed by atoms with van der Waals surface area (Å²) in [5.74, 6) is 0. The maximum Gasteiger partial charge on any atom is 0.140 e. The minimum Gasteiger partial charge on any atom is -0.383 e. The Morgan fingerprint density at radius 3 is 2.57 bits per heavy atom. The number of pyridine rings is 1. The van der Waals surface area contributed by atoms with Gasteiger partial charge in [-0.25, -0.2) is 4.98 Å². The Labute approximate surface area is 84.8 Å². The van der Waals surface area contributed by atoms with Crippen LogP contribution in [0.15, 0.2) is 18.3 Å². The third-order valence-corrected chi connectivity index (χ3v) is 1.70. The zero-order valence-electron chi connectivity index (χ0n) is 8.83. The molecule has 0 fully saturated rings. The molecule has 1 heterocycles. The fourth-order valence-electron chi connectivity index (χ4n) is 0.932. The first-order chi connectivity index (χ1) is 6.51. The monoisotopic (exact) mass is 189 g/mol. The van der Waals surface area contributed by atoms with Gasteiger partial charge in [0.2, 0.25) is 0 Å². The normalized spacial score (nSPS) is 10.7. The van der Waals surface area contributed by atoms with Crippen molar-refractivity contribution >= 4 is 5.69 Å². The molecule has 14 heavy (non-hydrogen) atoms. The zero-order valence-corrected chi connectivity index (χ0v) is 8.83. The van der Waals surface area contributed by atoms with E-state index in [1.807, 2.05) is 12.1 Å². The Bertz CT molecular complexity index is 327. The number of anilines is 1. The van der Waals surface area contributed by atoms with E-state index in [9.17, 15) is 0 Å². The Morgan fingerprint density at radius 1 is 1.43 bits per heavy atom. The van der Waals surface area contributed by atoms with Crippen molar-refractivity contribution in [3.8, 4) is 6.07 Å². The molecule has 0 aliphatic carbocycles. The third kappa shape index (κ3) is 3.44. The molecule has 1 aromatic heterocycles. The number of aromatic nitrogens is 1. The molecule has 0 aliphatic heterocycles. The van der Waals surface area contributed by atoms with Crippen molar-refractivity contribution in [3.63, 3.8) is 0 Å². The third-order valence-electron chi connectivity index (χ3n) is 1.70. The summed E-state index contributed by atoms with van der Waals surface area (Å²) in [6, 6.07) is 5.57. The van der Waals surface area contributed by atoms with Crippen LogP contribution >= 0.6 is 0 Å². The van der Waals surface area contributed by atoms with Crippen molar-refractivity contribution in [3.05, 3.63) is 24.0 Å². The van der Waals surface area contributed by atoms with E-state index in [1.54, 1.807) is 12.3 Å². The highest BCUT2D eigenvalue weighted by Gasteiger charge is 2.09. The molecule has 3 heteroatoms. The Kier molecular flexibility index (Phi) is 3.08. The first-order valence-electron chi connectivity index (χ1n) is 4.61. The van der Waals surface area contributed by atoms with Crippen LogP contribution in [0.3, 0.4) is 0 Å². The van der Waals surface area contributed by atoms with Gasteiger partial charge in [0.1, 0.15) is 11.8 Å². The van der Waals surface area contributed by atoms with Gasteiger partial charge in [0.25, 0.3) is 0 Å². The summed E-state index contributed by atoms with van der Waals surface area (Å²) in [5, 5.41) is 11.8. The molecule has 0 unspecified atom stereocenters. The summed E-state index contributed by atoms with van der Waals surface area (Å²) in [6.45, 7) is 7.38. The van der Waals surface area contributed by atoms with Crippen LogP contribution in [0.5, 0.6) is 0 Å². The van der Waals surface area contributed by atoms with Crippen molar-refractivity contribution in [1.82, 2.24) is 4.98 Å². The molecule has 3 nitrogen and oxygen atoms in total. The van der Waals surface area contributed by atoms with Gasteiger partial charge in [-0.1, -0.05) is 20.8 Å². The van der Waals surface area contributed by atoms with Crippen LogP contribution in [-0.2, 0) is 0 Å².